The smallest absolute Gasteiger partial charge is 0.326 e. The van der Waals surface area contributed by atoms with Gasteiger partial charge in [-0.15, -0.1) is 0 Å². The first kappa shape index (κ1) is 23.4. The highest BCUT2D eigenvalue weighted by Gasteiger charge is 2.25. The normalized spacial score (nSPS) is 12.5. The van der Waals surface area contributed by atoms with E-state index in [-0.39, 0.29) is 12.3 Å². The first-order valence-corrected chi connectivity index (χ1v) is 11.1. The SMILES string of the molecule is O=C(N[C@@H](Cc1ccc(OCc2ccccc2)cc1)C(=O)O)[C@@H](CS)Cc1ccccc1. The molecule has 0 aliphatic rings. The van der Waals surface area contributed by atoms with Crippen molar-refractivity contribution in [3.63, 3.8) is 0 Å². The van der Waals surface area contributed by atoms with E-state index < -0.39 is 17.9 Å². The third-order valence-corrected chi connectivity index (χ3v) is 5.58. The van der Waals surface area contributed by atoms with Crippen LogP contribution < -0.4 is 10.1 Å². The van der Waals surface area contributed by atoms with Gasteiger partial charge in [0.05, 0.1) is 5.92 Å². The van der Waals surface area contributed by atoms with Crippen molar-refractivity contribution in [2.75, 3.05) is 5.75 Å². The molecule has 3 rings (SSSR count). The standard InChI is InChI=1S/C26H27NO4S/c28-25(22(18-32)15-19-7-3-1-4-8-19)27-24(26(29)30)16-20-11-13-23(14-12-20)31-17-21-9-5-2-6-10-21/h1-14,22,24,32H,15-18H2,(H,27,28)(H,29,30)/t22-,24+/m1/s1. The summed E-state index contributed by atoms with van der Waals surface area (Å²) in [6.07, 6.45) is 0.695. The van der Waals surface area contributed by atoms with E-state index in [1.165, 1.54) is 0 Å². The van der Waals surface area contributed by atoms with E-state index >= 15 is 0 Å². The van der Waals surface area contributed by atoms with Gasteiger partial charge in [-0.1, -0.05) is 72.8 Å². The Hall–Kier alpha value is -3.25. The molecule has 0 unspecified atom stereocenters. The van der Waals surface area contributed by atoms with Crippen molar-refractivity contribution < 1.29 is 19.4 Å². The summed E-state index contributed by atoms with van der Waals surface area (Å²) in [6.45, 7) is 0.459. The van der Waals surface area contributed by atoms with Crippen molar-refractivity contribution >= 4 is 24.5 Å². The molecule has 6 heteroatoms. The fourth-order valence-corrected chi connectivity index (χ4v) is 3.62. The number of benzene rings is 3. The van der Waals surface area contributed by atoms with Gasteiger partial charge in [-0.05, 0) is 35.2 Å². The molecule has 0 saturated heterocycles. The van der Waals surface area contributed by atoms with Crippen molar-refractivity contribution in [1.82, 2.24) is 5.32 Å². The fourth-order valence-electron chi connectivity index (χ4n) is 3.33. The molecule has 0 saturated carbocycles. The maximum atomic E-state index is 12.7. The van der Waals surface area contributed by atoms with E-state index in [1.54, 1.807) is 0 Å². The molecule has 0 fully saturated rings. The zero-order valence-electron chi connectivity index (χ0n) is 17.7. The highest BCUT2D eigenvalue weighted by atomic mass is 32.1. The molecule has 1 amide bonds. The van der Waals surface area contributed by atoms with Crippen molar-refractivity contribution in [3.05, 3.63) is 102 Å². The second kappa shape index (κ2) is 12.0. The summed E-state index contributed by atoms with van der Waals surface area (Å²) < 4.78 is 5.77. The van der Waals surface area contributed by atoms with E-state index in [2.05, 4.69) is 17.9 Å². The van der Waals surface area contributed by atoms with Gasteiger partial charge in [-0.3, -0.25) is 4.79 Å². The van der Waals surface area contributed by atoms with Crippen LogP contribution in [0.4, 0.5) is 0 Å². The van der Waals surface area contributed by atoms with Crippen LogP contribution in [-0.2, 0) is 29.0 Å². The molecular formula is C26H27NO4S. The van der Waals surface area contributed by atoms with Crippen LogP contribution in [0.1, 0.15) is 16.7 Å². The quantitative estimate of drug-likeness (QED) is 0.384. The maximum Gasteiger partial charge on any atom is 0.326 e. The molecule has 0 radical (unpaired) electrons. The Kier molecular flexibility index (Phi) is 8.75. The van der Waals surface area contributed by atoms with Crippen molar-refractivity contribution in [3.8, 4) is 5.75 Å². The monoisotopic (exact) mass is 449 g/mol. The van der Waals surface area contributed by atoms with E-state index in [9.17, 15) is 14.7 Å². The lowest BCUT2D eigenvalue weighted by Gasteiger charge is -2.19. The number of nitrogens with one attached hydrogen (secondary N) is 1. The second-order valence-electron chi connectivity index (χ2n) is 7.59. The number of hydrogen-bond donors (Lipinski definition) is 3. The minimum Gasteiger partial charge on any atom is -0.489 e. The van der Waals surface area contributed by atoms with Crippen LogP contribution in [0.3, 0.4) is 0 Å². The largest absolute Gasteiger partial charge is 0.489 e. The lowest BCUT2D eigenvalue weighted by Crippen LogP contribution is -2.45. The molecule has 166 valence electrons. The van der Waals surface area contributed by atoms with Crippen LogP contribution >= 0.6 is 12.6 Å². The van der Waals surface area contributed by atoms with Crippen LogP contribution in [0.25, 0.3) is 0 Å². The number of thiol groups is 1. The van der Waals surface area contributed by atoms with Gasteiger partial charge in [-0.2, -0.15) is 12.6 Å². The number of amides is 1. The Morgan fingerprint density at radius 2 is 1.38 bits per heavy atom. The van der Waals surface area contributed by atoms with Gasteiger partial charge in [0.2, 0.25) is 5.91 Å². The zero-order valence-corrected chi connectivity index (χ0v) is 18.6. The van der Waals surface area contributed by atoms with Crippen LogP contribution in [-0.4, -0.2) is 28.8 Å². The summed E-state index contributed by atoms with van der Waals surface area (Å²) >= 11 is 4.29. The number of carbonyl (C=O) groups is 2. The van der Waals surface area contributed by atoms with Crippen LogP contribution in [0.15, 0.2) is 84.9 Å². The van der Waals surface area contributed by atoms with Gasteiger partial charge >= 0.3 is 5.97 Å². The number of ether oxygens (including phenoxy) is 1. The number of aliphatic carboxylic acids is 1. The predicted octanol–water partition coefficient (Wildman–Crippen LogP) is 4.17. The van der Waals surface area contributed by atoms with Crippen molar-refractivity contribution in [2.24, 2.45) is 5.92 Å². The first-order valence-electron chi connectivity index (χ1n) is 10.5. The Labute approximate surface area is 193 Å². The molecular weight excluding hydrogens is 422 g/mol. The number of hydrogen-bond acceptors (Lipinski definition) is 4. The number of carbonyl (C=O) groups excluding carboxylic acids is 1. The topological polar surface area (TPSA) is 75.6 Å². The highest BCUT2D eigenvalue weighted by Crippen LogP contribution is 2.16. The maximum absolute atomic E-state index is 12.7. The minimum atomic E-state index is -1.07. The highest BCUT2D eigenvalue weighted by molar-refractivity contribution is 7.80. The molecule has 2 atom stereocenters. The van der Waals surface area contributed by atoms with Gasteiger partial charge in [0.1, 0.15) is 18.4 Å². The summed E-state index contributed by atoms with van der Waals surface area (Å²) in [6, 6.07) is 25.7. The van der Waals surface area contributed by atoms with E-state index in [0.717, 1.165) is 16.7 Å². The van der Waals surface area contributed by atoms with Crippen LogP contribution in [0.5, 0.6) is 5.75 Å². The summed E-state index contributed by atoms with van der Waals surface area (Å²) in [5.74, 6) is -0.747. The van der Waals surface area contributed by atoms with Crippen LogP contribution in [0.2, 0.25) is 0 Å². The molecule has 0 aliphatic heterocycles. The number of rotatable bonds is 11. The third kappa shape index (κ3) is 7.17. The summed E-state index contributed by atoms with van der Waals surface area (Å²) in [4.78, 5) is 24.5. The third-order valence-electron chi connectivity index (χ3n) is 5.14. The van der Waals surface area contributed by atoms with Gasteiger partial charge < -0.3 is 15.2 Å². The second-order valence-corrected chi connectivity index (χ2v) is 7.96. The van der Waals surface area contributed by atoms with Crippen LogP contribution in [0, 0.1) is 5.92 Å². The molecule has 0 aromatic heterocycles. The first-order chi connectivity index (χ1) is 15.5. The minimum absolute atomic E-state index is 0.185. The molecule has 3 aromatic rings. The Balaban J connectivity index is 1.57. The van der Waals surface area contributed by atoms with E-state index in [1.807, 2.05) is 84.9 Å². The number of carboxylic acids is 1. The lowest BCUT2D eigenvalue weighted by molar-refractivity contribution is -0.142. The zero-order chi connectivity index (χ0) is 22.8. The Bertz CT molecular complexity index is 993. The average Bonchev–Trinajstić information content (AvgIpc) is 2.82. The molecule has 2 N–H and O–H groups in total. The van der Waals surface area contributed by atoms with Crippen molar-refractivity contribution in [2.45, 2.75) is 25.5 Å². The Morgan fingerprint density at radius 1 is 0.812 bits per heavy atom. The molecule has 32 heavy (non-hydrogen) atoms. The predicted molar refractivity (Wildman–Crippen MR) is 128 cm³/mol. The van der Waals surface area contributed by atoms with Gasteiger partial charge in [-0.25, -0.2) is 4.79 Å². The molecule has 3 aromatic carbocycles. The number of carboxylic acid groups (broad SMARTS) is 1. The van der Waals surface area contributed by atoms with Gasteiger partial charge in [0.25, 0.3) is 0 Å². The molecule has 0 heterocycles. The summed E-state index contributed by atoms with van der Waals surface area (Å²) in [7, 11) is 0. The van der Waals surface area contributed by atoms with E-state index in [4.69, 9.17) is 4.74 Å². The molecule has 0 aliphatic carbocycles. The average molecular weight is 450 g/mol. The van der Waals surface area contributed by atoms with Crippen molar-refractivity contribution in [1.29, 1.82) is 0 Å². The molecule has 0 bridgehead atoms. The molecule has 5 nitrogen and oxygen atoms in total. The Morgan fingerprint density at radius 3 is 1.94 bits per heavy atom. The fraction of sp³-hybridized carbons (Fsp3) is 0.231. The van der Waals surface area contributed by atoms with Gasteiger partial charge in [0, 0.05) is 12.2 Å². The van der Waals surface area contributed by atoms with Gasteiger partial charge in [0.15, 0.2) is 0 Å². The molecule has 0 spiro atoms. The van der Waals surface area contributed by atoms with E-state index in [0.29, 0.717) is 24.5 Å². The summed E-state index contributed by atoms with van der Waals surface area (Å²) in [5.41, 5.74) is 2.88. The summed E-state index contributed by atoms with van der Waals surface area (Å²) in [5, 5.41) is 12.3. The lowest BCUT2D eigenvalue weighted by atomic mass is 9.99.